The summed E-state index contributed by atoms with van der Waals surface area (Å²) in [4.78, 5) is 11.0. The van der Waals surface area contributed by atoms with Crippen LogP contribution in [0, 0.1) is 0 Å². The van der Waals surface area contributed by atoms with E-state index >= 15 is 0 Å². The Morgan fingerprint density at radius 3 is 2.83 bits per heavy atom. The van der Waals surface area contributed by atoms with Gasteiger partial charge < -0.3 is 14.9 Å². The molecule has 0 bridgehead atoms. The first kappa shape index (κ1) is 9.22. The summed E-state index contributed by atoms with van der Waals surface area (Å²) in [7, 11) is 0. The minimum absolute atomic E-state index is 0.166. The summed E-state index contributed by atoms with van der Waals surface area (Å²) in [5, 5.41) is 17.5. The van der Waals surface area contributed by atoms with Crippen LogP contribution >= 0.6 is 0 Å². The van der Waals surface area contributed by atoms with Gasteiger partial charge in [-0.15, -0.1) is 0 Å². The number of carbonyl (C=O) groups is 1. The molecule has 0 fully saturated rings. The van der Waals surface area contributed by atoms with Crippen molar-refractivity contribution in [3.8, 4) is 0 Å². The Bertz CT molecular complexity index is 209. The lowest BCUT2D eigenvalue weighted by atomic mass is 10.1. The molecule has 0 spiro atoms. The van der Waals surface area contributed by atoms with E-state index in [0.29, 0.717) is 5.57 Å². The predicted octanol–water partition coefficient (Wildman–Crippen LogP) is -0.399. The van der Waals surface area contributed by atoms with Crippen molar-refractivity contribution in [2.24, 2.45) is 0 Å². The molecule has 68 valence electrons. The van der Waals surface area contributed by atoms with Gasteiger partial charge in [0.05, 0.1) is 12.7 Å². The van der Waals surface area contributed by atoms with Crippen LogP contribution in [0.5, 0.6) is 0 Å². The number of carbonyl (C=O) groups excluding carboxylic acids is 1. The lowest BCUT2D eigenvalue weighted by molar-refractivity contribution is -0.139. The fraction of sp³-hybridized carbons (Fsp3) is 0.625. The maximum absolute atomic E-state index is 11.0. The van der Waals surface area contributed by atoms with Crippen molar-refractivity contribution in [1.29, 1.82) is 0 Å². The highest BCUT2D eigenvalue weighted by Crippen LogP contribution is 2.17. The Morgan fingerprint density at radius 2 is 2.42 bits per heavy atom. The highest BCUT2D eigenvalue weighted by molar-refractivity contribution is 5.90. The van der Waals surface area contributed by atoms with Gasteiger partial charge in [-0.1, -0.05) is 0 Å². The lowest BCUT2D eigenvalue weighted by Gasteiger charge is -2.04. The first-order chi connectivity index (χ1) is 5.63. The van der Waals surface area contributed by atoms with Gasteiger partial charge in [0.25, 0.3) is 0 Å². The van der Waals surface area contributed by atoms with Crippen molar-refractivity contribution in [1.82, 2.24) is 0 Å². The van der Waals surface area contributed by atoms with E-state index in [1.165, 1.54) is 0 Å². The Morgan fingerprint density at radius 1 is 1.75 bits per heavy atom. The number of aliphatic hydroxyl groups excluding tert-OH is 2. The average Bonchev–Trinajstić information content (AvgIpc) is 2.30. The predicted molar refractivity (Wildman–Crippen MR) is 41.3 cm³/mol. The Labute approximate surface area is 70.5 Å². The highest BCUT2D eigenvalue weighted by Gasteiger charge is 2.23. The van der Waals surface area contributed by atoms with Crippen LogP contribution in [0.25, 0.3) is 0 Å². The molecule has 4 nitrogen and oxygen atoms in total. The molecule has 0 radical (unpaired) electrons. The van der Waals surface area contributed by atoms with E-state index in [1.807, 2.05) is 0 Å². The average molecular weight is 172 g/mol. The largest absolute Gasteiger partial charge is 0.455 e. The summed E-state index contributed by atoms with van der Waals surface area (Å²) in [6, 6.07) is 0. The number of ether oxygens (including phenoxy) is 1. The van der Waals surface area contributed by atoms with Crippen LogP contribution in [0.1, 0.15) is 13.3 Å². The molecule has 0 saturated heterocycles. The van der Waals surface area contributed by atoms with Crippen molar-refractivity contribution in [3.05, 3.63) is 11.6 Å². The van der Waals surface area contributed by atoms with Crippen molar-refractivity contribution >= 4 is 5.97 Å². The number of esters is 1. The van der Waals surface area contributed by atoms with Crippen LogP contribution in [-0.2, 0) is 9.53 Å². The molecule has 0 unspecified atom stereocenters. The minimum Gasteiger partial charge on any atom is -0.455 e. The van der Waals surface area contributed by atoms with Crippen LogP contribution in [0.3, 0.4) is 0 Å². The van der Waals surface area contributed by atoms with E-state index in [4.69, 9.17) is 14.9 Å². The summed E-state index contributed by atoms with van der Waals surface area (Å²) in [6.07, 6.45) is 0.744. The van der Waals surface area contributed by atoms with E-state index < -0.39 is 12.1 Å². The van der Waals surface area contributed by atoms with Crippen molar-refractivity contribution in [3.63, 3.8) is 0 Å². The molecule has 0 aromatic heterocycles. The third-order valence-corrected chi connectivity index (χ3v) is 1.66. The maximum Gasteiger partial charge on any atom is 0.334 e. The van der Waals surface area contributed by atoms with Crippen molar-refractivity contribution < 1.29 is 19.7 Å². The molecule has 2 N–H and O–H groups in total. The van der Waals surface area contributed by atoms with Gasteiger partial charge in [-0.25, -0.2) is 4.79 Å². The van der Waals surface area contributed by atoms with Crippen LogP contribution in [0.4, 0.5) is 0 Å². The van der Waals surface area contributed by atoms with Gasteiger partial charge in [-0.05, 0) is 13.0 Å². The van der Waals surface area contributed by atoms with Gasteiger partial charge in [0.15, 0.2) is 0 Å². The zero-order valence-electron chi connectivity index (χ0n) is 6.86. The van der Waals surface area contributed by atoms with Gasteiger partial charge in [0, 0.05) is 12.0 Å². The zero-order valence-corrected chi connectivity index (χ0v) is 6.86. The molecular weight excluding hydrogens is 160 g/mol. The Balaban J connectivity index is 2.52. The Kier molecular flexibility index (Phi) is 2.83. The molecule has 1 aliphatic rings. The van der Waals surface area contributed by atoms with E-state index in [0.717, 1.165) is 0 Å². The Hall–Kier alpha value is -0.870. The quantitative estimate of drug-likeness (QED) is 0.568. The van der Waals surface area contributed by atoms with Crippen LogP contribution < -0.4 is 0 Å². The molecule has 0 aliphatic carbocycles. The van der Waals surface area contributed by atoms with Gasteiger partial charge in [-0.3, -0.25) is 0 Å². The maximum atomic E-state index is 11.0. The van der Waals surface area contributed by atoms with Gasteiger partial charge >= 0.3 is 5.97 Å². The van der Waals surface area contributed by atoms with E-state index in [-0.39, 0.29) is 19.1 Å². The van der Waals surface area contributed by atoms with Crippen LogP contribution in [-0.4, -0.2) is 35.0 Å². The normalized spacial score (nSPS) is 25.1. The van der Waals surface area contributed by atoms with Crippen molar-refractivity contribution in [2.45, 2.75) is 25.6 Å². The number of hydrogen-bond acceptors (Lipinski definition) is 4. The summed E-state index contributed by atoms with van der Waals surface area (Å²) < 4.78 is 4.79. The lowest BCUT2D eigenvalue weighted by Crippen LogP contribution is -2.15. The monoisotopic (exact) mass is 172 g/mol. The third kappa shape index (κ3) is 2.06. The van der Waals surface area contributed by atoms with E-state index in [1.54, 1.807) is 13.0 Å². The highest BCUT2D eigenvalue weighted by atomic mass is 16.5. The minimum atomic E-state index is -0.867. The summed E-state index contributed by atoms with van der Waals surface area (Å²) >= 11 is 0. The second-order valence-electron chi connectivity index (χ2n) is 2.84. The van der Waals surface area contributed by atoms with Gasteiger partial charge in [0.2, 0.25) is 0 Å². The number of cyclic esters (lactones) is 1. The molecule has 2 atom stereocenters. The molecule has 1 aliphatic heterocycles. The van der Waals surface area contributed by atoms with E-state index in [9.17, 15) is 4.79 Å². The second kappa shape index (κ2) is 3.69. The molecule has 4 heteroatoms. The first-order valence-corrected chi connectivity index (χ1v) is 3.84. The van der Waals surface area contributed by atoms with Gasteiger partial charge in [-0.2, -0.15) is 0 Å². The smallest absolute Gasteiger partial charge is 0.334 e. The van der Waals surface area contributed by atoms with Crippen molar-refractivity contribution in [2.75, 3.05) is 6.61 Å². The SMILES string of the molecule is C[C@H]1C=C(C[C@@H](O)CO)C(=O)O1. The third-order valence-electron chi connectivity index (χ3n) is 1.66. The van der Waals surface area contributed by atoms with Gasteiger partial charge in [0.1, 0.15) is 6.10 Å². The summed E-state index contributed by atoms with van der Waals surface area (Å²) in [6.45, 7) is 1.41. The first-order valence-electron chi connectivity index (χ1n) is 3.84. The molecule has 0 aromatic rings. The van der Waals surface area contributed by atoms with Crippen LogP contribution in [0.15, 0.2) is 11.6 Å². The molecule has 0 amide bonds. The topological polar surface area (TPSA) is 66.8 Å². The molecule has 1 heterocycles. The fourth-order valence-electron chi connectivity index (χ4n) is 1.10. The molecule has 0 saturated carbocycles. The number of aliphatic hydroxyl groups is 2. The van der Waals surface area contributed by atoms with E-state index in [2.05, 4.69) is 0 Å². The number of hydrogen-bond donors (Lipinski definition) is 2. The molecule has 1 rings (SSSR count). The molecule has 12 heavy (non-hydrogen) atoms. The molecule has 0 aromatic carbocycles. The molecular formula is C8H12O4. The fourth-order valence-corrected chi connectivity index (χ4v) is 1.10. The van der Waals surface area contributed by atoms with Crippen LogP contribution in [0.2, 0.25) is 0 Å². The standard InChI is InChI=1S/C8H12O4/c1-5-2-6(8(11)12-5)3-7(10)4-9/h2,5,7,9-10H,3-4H2,1H3/t5-,7+/m0/s1. The number of rotatable bonds is 3. The summed E-state index contributed by atoms with van der Waals surface area (Å²) in [5.41, 5.74) is 0.448. The second-order valence-corrected chi connectivity index (χ2v) is 2.84. The zero-order chi connectivity index (χ0) is 9.14. The summed E-state index contributed by atoms with van der Waals surface area (Å²) in [5.74, 6) is -0.394.